The molecule has 0 radical (unpaired) electrons. The summed E-state index contributed by atoms with van der Waals surface area (Å²) >= 11 is 1.44. The number of nitrogens with zero attached hydrogens (tertiary/aromatic N) is 4. The summed E-state index contributed by atoms with van der Waals surface area (Å²) in [5.74, 6) is -2.27. The minimum atomic E-state index is -1.21. The van der Waals surface area contributed by atoms with E-state index in [-0.39, 0.29) is 6.54 Å². The van der Waals surface area contributed by atoms with Gasteiger partial charge in [-0.05, 0) is 25.0 Å². The van der Waals surface area contributed by atoms with Crippen LogP contribution in [0.1, 0.15) is 17.8 Å². The molecule has 2 aromatic heterocycles. The number of ether oxygens (including phenoxy) is 1. The SMILES string of the molecule is O=C(NCc1cn(-c2ccccc2)nn1)[C@H](CCc1cscn1)NC(=O)[C@H]1O[C@@H]1C(=O)O. The number of thiazole rings is 1. The van der Waals surface area contributed by atoms with Crippen LogP contribution >= 0.6 is 11.3 Å². The van der Waals surface area contributed by atoms with Crippen molar-refractivity contribution in [2.24, 2.45) is 0 Å². The van der Waals surface area contributed by atoms with E-state index in [9.17, 15) is 14.4 Å². The Labute approximate surface area is 186 Å². The van der Waals surface area contributed by atoms with Gasteiger partial charge < -0.3 is 20.5 Å². The Kier molecular flexibility index (Phi) is 6.52. The molecule has 0 unspecified atom stereocenters. The highest BCUT2D eigenvalue weighted by Gasteiger charge is 2.51. The van der Waals surface area contributed by atoms with Crippen molar-refractivity contribution in [3.63, 3.8) is 0 Å². The molecule has 11 nitrogen and oxygen atoms in total. The second kappa shape index (κ2) is 9.66. The molecule has 0 bridgehead atoms. The minimum absolute atomic E-state index is 0.117. The number of hydrogen-bond donors (Lipinski definition) is 3. The van der Waals surface area contributed by atoms with Crippen molar-refractivity contribution in [2.75, 3.05) is 0 Å². The number of carboxylic acids is 1. The molecule has 1 fully saturated rings. The third-order valence-corrected chi connectivity index (χ3v) is 5.44. The van der Waals surface area contributed by atoms with E-state index >= 15 is 0 Å². The van der Waals surface area contributed by atoms with Crippen LogP contribution in [0, 0.1) is 0 Å². The maximum Gasteiger partial charge on any atom is 0.336 e. The molecule has 3 atom stereocenters. The monoisotopic (exact) mass is 456 g/mol. The molecule has 2 amide bonds. The van der Waals surface area contributed by atoms with Gasteiger partial charge in [0.25, 0.3) is 5.91 Å². The molecule has 4 rings (SSSR count). The molecule has 32 heavy (non-hydrogen) atoms. The number of aliphatic carboxylic acids is 1. The van der Waals surface area contributed by atoms with Gasteiger partial charge in [-0.25, -0.2) is 14.5 Å². The summed E-state index contributed by atoms with van der Waals surface area (Å²) in [5, 5.41) is 24.2. The largest absolute Gasteiger partial charge is 0.479 e. The standard InChI is InChI=1S/C20H20N6O5S/c27-18(21-8-13-9-26(25-24-13)14-4-2-1-3-5-14)15(7-6-12-10-32-11-22-12)23-19(28)16-17(31-16)20(29)30/h1-5,9-11,15-17H,6-8H2,(H,21,27)(H,23,28)(H,29,30)/t15-,16-,17-/m0/s1. The average Bonchev–Trinajstić information content (AvgIpc) is 3.19. The molecule has 12 heteroatoms. The maximum absolute atomic E-state index is 12.8. The Morgan fingerprint density at radius 3 is 2.69 bits per heavy atom. The summed E-state index contributed by atoms with van der Waals surface area (Å²) in [6.07, 6.45) is 0.203. The first kappa shape index (κ1) is 21.6. The van der Waals surface area contributed by atoms with E-state index in [4.69, 9.17) is 9.84 Å². The number of rotatable bonds is 10. The van der Waals surface area contributed by atoms with E-state index in [2.05, 4.69) is 25.9 Å². The molecule has 0 spiro atoms. The predicted octanol–water partition coefficient (Wildman–Crippen LogP) is 0.310. The lowest BCUT2D eigenvalue weighted by Gasteiger charge is -2.17. The molecule has 3 N–H and O–H groups in total. The molecule has 1 aliphatic rings. The minimum Gasteiger partial charge on any atom is -0.479 e. The second-order valence-electron chi connectivity index (χ2n) is 7.10. The van der Waals surface area contributed by atoms with Gasteiger partial charge in [-0.2, -0.15) is 0 Å². The molecule has 166 valence electrons. The fourth-order valence-corrected chi connectivity index (χ4v) is 3.66. The van der Waals surface area contributed by atoms with Crippen molar-refractivity contribution >= 4 is 29.1 Å². The first-order chi connectivity index (χ1) is 15.5. The molecular weight excluding hydrogens is 436 g/mol. The zero-order chi connectivity index (χ0) is 22.5. The van der Waals surface area contributed by atoms with Crippen molar-refractivity contribution in [3.05, 3.63) is 58.8 Å². The molecule has 3 aromatic rings. The third kappa shape index (κ3) is 5.34. The Bertz CT molecular complexity index is 1090. The molecule has 3 heterocycles. The third-order valence-electron chi connectivity index (χ3n) is 4.80. The molecule has 0 aliphatic carbocycles. The smallest absolute Gasteiger partial charge is 0.336 e. The van der Waals surface area contributed by atoms with Gasteiger partial charge in [-0.1, -0.05) is 23.4 Å². The lowest BCUT2D eigenvalue weighted by atomic mass is 10.1. The van der Waals surface area contributed by atoms with E-state index < -0.39 is 36.0 Å². The van der Waals surface area contributed by atoms with Crippen molar-refractivity contribution < 1.29 is 24.2 Å². The lowest BCUT2D eigenvalue weighted by Crippen LogP contribution is -2.48. The summed E-state index contributed by atoms with van der Waals surface area (Å²) in [4.78, 5) is 40.2. The van der Waals surface area contributed by atoms with Gasteiger partial charge in [0.05, 0.1) is 29.6 Å². The zero-order valence-electron chi connectivity index (χ0n) is 16.7. The summed E-state index contributed by atoms with van der Waals surface area (Å²) in [5.41, 5.74) is 3.87. The van der Waals surface area contributed by atoms with Crippen LogP contribution in [-0.4, -0.2) is 61.1 Å². The number of aromatic nitrogens is 4. The topological polar surface area (TPSA) is 152 Å². The highest BCUT2D eigenvalue weighted by molar-refractivity contribution is 7.07. The van der Waals surface area contributed by atoms with Crippen LogP contribution in [0.4, 0.5) is 0 Å². The Balaban J connectivity index is 1.36. The van der Waals surface area contributed by atoms with Crippen LogP contribution in [0.2, 0.25) is 0 Å². The summed E-state index contributed by atoms with van der Waals surface area (Å²) < 4.78 is 6.47. The fraction of sp³-hybridized carbons (Fsp3) is 0.300. The van der Waals surface area contributed by atoms with Gasteiger partial charge >= 0.3 is 5.97 Å². The Morgan fingerprint density at radius 1 is 1.19 bits per heavy atom. The van der Waals surface area contributed by atoms with Crippen molar-refractivity contribution in [3.8, 4) is 5.69 Å². The fourth-order valence-electron chi connectivity index (χ4n) is 3.06. The molecule has 1 saturated heterocycles. The van der Waals surface area contributed by atoms with Crippen LogP contribution in [-0.2, 0) is 32.1 Å². The van der Waals surface area contributed by atoms with Gasteiger partial charge in [-0.3, -0.25) is 9.59 Å². The lowest BCUT2D eigenvalue weighted by molar-refractivity contribution is -0.138. The Morgan fingerprint density at radius 2 is 2.00 bits per heavy atom. The summed E-state index contributed by atoms with van der Waals surface area (Å²) in [6.45, 7) is 0.117. The number of carboxylic acid groups (broad SMARTS) is 1. The van der Waals surface area contributed by atoms with Crippen LogP contribution < -0.4 is 10.6 Å². The normalized spacial score (nSPS) is 18.0. The van der Waals surface area contributed by atoms with Gasteiger partial charge in [0.2, 0.25) is 5.91 Å². The number of nitrogens with one attached hydrogen (secondary N) is 2. The average molecular weight is 456 g/mol. The van der Waals surface area contributed by atoms with E-state index in [1.807, 2.05) is 35.7 Å². The first-order valence-electron chi connectivity index (χ1n) is 9.81. The van der Waals surface area contributed by atoms with Crippen LogP contribution in [0.5, 0.6) is 0 Å². The molecule has 1 aliphatic heterocycles. The number of benzene rings is 1. The second-order valence-corrected chi connectivity index (χ2v) is 7.82. The van der Waals surface area contributed by atoms with E-state index in [0.29, 0.717) is 18.5 Å². The first-order valence-corrected chi connectivity index (χ1v) is 10.8. The number of carbonyl (C=O) groups is 3. The molecular formula is C20H20N6O5S. The van der Waals surface area contributed by atoms with Crippen molar-refractivity contribution in [2.45, 2.75) is 37.6 Å². The van der Waals surface area contributed by atoms with Gasteiger partial charge in [0.1, 0.15) is 11.7 Å². The highest BCUT2D eigenvalue weighted by atomic mass is 32.1. The number of para-hydroxylation sites is 1. The number of hydrogen-bond acceptors (Lipinski definition) is 8. The Hall–Kier alpha value is -3.64. The highest BCUT2D eigenvalue weighted by Crippen LogP contribution is 2.22. The van der Waals surface area contributed by atoms with Crippen LogP contribution in [0.3, 0.4) is 0 Å². The number of aryl methyl sites for hydroxylation is 1. The molecule has 1 aromatic carbocycles. The van der Waals surface area contributed by atoms with E-state index in [1.165, 1.54) is 11.3 Å². The van der Waals surface area contributed by atoms with Crippen LogP contribution in [0.25, 0.3) is 5.69 Å². The van der Waals surface area contributed by atoms with Gasteiger partial charge in [0.15, 0.2) is 12.2 Å². The number of carbonyl (C=O) groups excluding carboxylic acids is 2. The van der Waals surface area contributed by atoms with E-state index in [0.717, 1.165) is 11.4 Å². The molecule has 0 saturated carbocycles. The number of amides is 2. The van der Waals surface area contributed by atoms with Crippen molar-refractivity contribution in [1.29, 1.82) is 0 Å². The summed E-state index contributed by atoms with van der Waals surface area (Å²) in [6, 6.07) is 8.54. The van der Waals surface area contributed by atoms with E-state index in [1.54, 1.807) is 16.4 Å². The van der Waals surface area contributed by atoms with Crippen molar-refractivity contribution in [1.82, 2.24) is 30.6 Å². The quantitative estimate of drug-likeness (QED) is 0.369. The van der Waals surface area contributed by atoms with Crippen LogP contribution in [0.15, 0.2) is 47.4 Å². The zero-order valence-corrected chi connectivity index (χ0v) is 17.6. The maximum atomic E-state index is 12.8. The number of epoxide rings is 1. The summed E-state index contributed by atoms with van der Waals surface area (Å²) in [7, 11) is 0. The van der Waals surface area contributed by atoms with Gasteiger partial charge in [0, 0.05) is 5.38 Å². The van der Waals surface area contributed by atoms with Gasteiger partial charge in [-0.15, -0.1) is 16.4 Å². The predicted molar refractivity (Wildman–Crippen MR) is 112 cm³/mol.